The minimum atomic E-state index is -4.12. The van der Waals surface area contributed by atoms with Gasteiger partial charge in [-0.3, -0.25) is 9.78 Å². The second kappa shape index (κ2) is 12.5. The summed E-state index contributed by atoms with van der Waals surface area (Å²) in [7, 11) is -2.07. The zero-order valence-corrected chi connectivity index (χ0v) is 23.3. The molecule has 0 aliphatic carbocycles. The fourth-order valence-corrected chi connectivity index (χ4v) is 5.21. The molecule has 0 radical (unpaired) electrons. The third-order valence-electron chi connectivity index (χ3n) is 6.87. The van der Waals surface area contributed by atoms with Gasteiger partial charge in [0.1, 0.15) is 12.3 Å². The number of hydrogen-bond acceptors (Lipinski definition) is 10. The van der Waals surface area contributed by atoms with E-state index < -0.39 is 15.9 Å². The number of ether oxygens (including phenoxy) is 1. The third-order valence-corrected chi connectivity index (χ3v) is 8.42. The predicted molar refractivity (Wildman–Crippen MR) is 148 cm³/mol. The molecule has 1 saturated heterocycles. The van der Waals surface area contributed by atoms with Crippen molar-refractivity contribution >= 4 is 27.1 Å². The van der Waals surface area contributed by atoms with Crippen LogP contribution in [0.4, 0.5) is 11.4 Å². The first-order valence-electron chi connectivity index (χ1n) is 12.9. The van der Waals surface area contributed by atoms with Crippen molar-refractivity contribution < 1.29 is 17.9 Å². The fourth-order valence-electron chi connectivity index (χ4n) is 4.06. The van der Waals surface area contributed by atoms with E-state index in [4.69, 9.17) is 10.5 Å². The molecule has 1 aliphatic rings. The number of piperazine rings is 1. The SMILES string of the molecule is CCC(C)C(N)C(=O)Nc1cccc(S(=O)(=O)c2ncc(N3CCN(C)CC3)c(OCc3cccnc3)n2)c1. The van der Waals surface area contributed by atoms with Crippen molar-refractivity contribution in [2.24, 2.45) is 11.7 Å². The number of likely N-dealkylation sites (N-methyl/N-ethyl adjacent to an activating group) is 1. The smallest absolute Gasteiger partial charge is 0.255 e. The van der Waals surface area contributed by atoms with Gasteiger partial charge in [-0.2, -0.15) is 4.98 Å². The first-order valence-corrected chi connectivity index (χ1v) is 14.4. The zero-order chi connectivity index (χ0) is 28.0. The number of pyridine rings is 1. The maximum absolute atomic E-state index is 13.6. The molecule has 2 aromatic heterocycles. The number of nitrogens with zero attached hydrogens (tertiary/aromatic N) is 5. The van der Waals surface area contributed by atoms with E-state index in [-0.39, 0.29) is 34.4 Å². The van der Waals surface area contributed by atoms with E-state index in [0.29, 0.717) is 11.4 Å². The van der Waals surface area contributed by atoms with Gasteiger partial charge in [-0.1, -0.05) is 32.4 Å². The van der Waals surface area contributed by atoms with Gasteiger partial charge in [0.15, 0.2) is 0 Å². The lowest BCUT2D eigenvalue weighted by Gasteiger charge is -2.34. The van der Waals surface area contributed by atoms with Crippen LogP contribution in [-0.4, -0.2) is 73.4 Å². The number of aromatic nitrogens is 3. The van der Waals surface area contributed by atoms with Gasteiger partial charge in [-0.25, -0.2) is 13.4 Å². The summed E-state index contributed by atoms with van der Waals surface area (Å²) in [5.74, 6) is -0.215. The summed E-state index contributed by atoms with van der Waals surface area (Å²) in [5, 5.41) is 2.33. The summed E-state index contributed by atoms with van der Waals surface area (Å²) in [6.45, 7) is 7.17. The van der Waals surface area contributed by atoms with Crippen molar-refractivity contribution in [3.63, 3.8) is 0 Å². The molecule has 39 heavy (non-hydrogen) atoms. The number of rotatable bonds is 10. The van der Waals surface area contributed by atoms with Crippen LogP contribution < -0.4 is 20.7 Å². The Balaban J connectivity index is 1.62. The number of nitrogens with two attached hydrogens (primary N) is 1. The van der Waals surface area contributed by atoms with Gasteiger partial charge in [0, 0.05) is 49.8 Å². The van der Waals surface area contributed by atoms with Crippen LogP contribution in [0.2, 0.25) is 0 Å². The van der Waals surface area contributed by atoms with Crippen LogP contribution in [0.1, 0.15) is 25.8 Å². The average Bonchev–Trinajstić information content (AvgIpc) is 2.96. The second-order valence-corrected chi connectivity index (χ2v) is 11.6. The molecule has 1 aliphatic heterocycles. The van der Waals surface area contributed by atoms with Gasteiger partial charge in [-0.15, -0.1) is 0 Å². The summed E-state index contributed by atoms with van der Waals surface area (Å²) in [6.07, 6.45) is 5.60. The number of anilines is 2. The van der Waals surface area contributed by atoms with Crippen molar-refractivity contribution in [2.45, 2.75) is 43.0 Å². The molecular weight excluding hydrogens is 518 g/mol. The molecule has 0 bridgehead atoms. The first kappa shape index (κ1) is 28.4. The highest BCUT2D eigenvalue weighted by Gasteiger charge is 2.27. The summed E-state index contributed by atoms with van der Waals surface area (Å²) >= 11 is 0. The van der Waals surface area contributed by atoms with Crippen molar-refractivity contribution in [3.8, 4) is 5.88 Å². The largest absolute Gasteiger partial charge is 0.471 e. The number of carbonyl (C=O) groups excluding carboxylic acids is 1. The number of benzene rings is 1. The number of hydrogen-bond donors (Lipinski definition) is 2. The van der Waals surface area contributed by atoms with E-state index >= 15 is 0 Å². The van der Waals surface area contributed by atoms with Crippen LogP contribution in [0.25, 0.3) is 0 Å². The van der Waals surface area contributed by atoms with Crippen LogP contribution in [0.3, 0.4) is 0 Å². The molecular formula is C27H35N7O4S. The monoisotopic (exact) mass is 553 g/mol. The maximum Gasteiger partial charge on any atom is 0.255 e. The lowest BCUT2D eigenvalue weighted by atomic mass is 9.99. The van der Waals surface area contributed by atoms with Crippen molar-refractivity contribution in [3.05, 3.63) is 60.6 Å². The Bertz CT molecular complexity index is 1380. The molecule has 2 unspecified atom stereocenters. The predicted octanol–water partition coefficient (Wildman–Crippen LogP) is 2.35. The van der Waals surface area contributed by atoms with Crippen molar-refractivity contribution in [1.29, 1.82) is 0 Å². The Kier molecular flexibility index (Phi) is 9.10. The van der Waals surface area contributed by atoms with E-state index in [1.54, 1.807) is 30.6 Å². The molecule has 1 fully saturated rings. The highest BCUT2D eigenvalue weighted by atomic mass is 32.2. The van der Waals surface area contributed by atoms with Gasteiger partial charge in [-0.05, 0) is 37.2 Å². The number of amides is 1. The van der Waals surface area contributed by atoms with Gasteiger partial charge in [0.2, 0.25) is 21.6 Å². The van der Waals surface area contributed by atoms with Crippen LogP contribution in [0.5, 0.6) is 5.88 Å². The quantitative estimate of drug-likeness (QED) is 0.359. The molecule has 1 amide bonds. The number of nitrogens with one attached hydrogen (secondary N) is 1. The van der Waals surface area contributed by atoms with Gasteiger partial charge < -0.3 is 25.6 Å². The molecule has 0 spiro atoms. The minimum Gasteiger partial charge on any atom is -0.471 e. The Labute approximate surface area is 229 Å². The molecule has 2 atom stereocenters. The number of sulfone groups is 1. The molecule has 1 aromatic carbocycles. The molecule has 3 aromatic rings. The van der Waals surface area contributed by atoms with Crippen LogP contribution in [0.15, 0.2) is 65.0 Å². The summed E-state index contributed by atoms with van der Waals surface area (Å²) in [6, 6.07) is 8.94. The molecule has 12 heteroatoms. The molecule has 4 rings (SSSR count). The highest BCUT2D eigenvalue weighted by Crippen LogP contribution is 2.30. The number of carbonyl (C=O) groups is 1. The lowest BCUT2D eigenvalue weighted by molar-refractivity contribution is -0.118. The normalized spacial score (nSPS) is 15.9. The Morgan fingerprint density at radius 1 is 1.15 bits per heavy atom. The fraction of sp³-hybridized carbons (Fsp3) is 0.407. The van der Waals surface area contributed by atoms with E-state index in [0.717, 1.165) is 38.2 Å². The van der Waals surface area contributed by atoms with Crippen LogP contribution in [0, 0.1) is 5.92 Å². The van der Waals surface area contributed by atoms with E-state index in [2.05, 4.69) is 37.1 Å². The molecule has 3 N–H and O–H groups in total. The lowest BCUT2D eigenvalue weighted by Crippen LogP contribution is -2.44. The van der Waals surface area contributed by atoms with E-state index in [1.807, 2.05) is 19.9 Å². The first-order chi connectivity index (χ1) is 18.7. The molecule has 0 saturated carbocycles. The average molecular weight is 554 g/mol. The molecule has 208 valence electrons. The van der Waals surface area contributed by atoms with Crippen LogP contribution >= 0.6 is 0 Å². The van der Waals surface area contributed by atoms with E-state index in [9.17, 15) is 13.2 Å². The van der Waals surface area contributed by atoms with Crippen molar-refractivity contribution in [2.75, 3.05) is 43.4 Å². The summed E-state index contributed by atoms with van der Waals surface area (Å²) < 4.78 is 33.2. The van der Waals surface area contributed by atoms with Gasteiger partial charge >= 0.3 is 0 Å². The van der Waals surface area contributed by atoms with E-state index in [1.165, 1.54) is 18.3 Å². The zero-order valence-electron chi connectivity index (χ0n) is 22.4. The Morgan fingerprint density at radius 2 is 1.92 bits per heavy atom. The molecule has 11 nitrogen and oxygen atoms in total. The van der Waals surface area contributed by atoms with Gasteiger partial charge in [0.05, 0.1) is 17.1 Å². The van der Waals surface area contributed by atoms with Crippen molar-refractivity contribution in [1.82, 2.24) is 19.9 Å². The molecule has 3 heterocycles. The second-order valence-electron chi connectivity index (χ2n) is 9.72. The summed E-state index contributed by atoms with van der Waals surface area (Å²) in [4.78, 5) is 29.5. The standard InChI is InChI=1S/C27H35N7O4S/c1-4-19(2)24(28)25(35)31-21-8-5-9-22(15-21)39(36,37)27-30-17-23(34-13-11-33(3)12-14-34)26(32-27)38-18-20-7-6-10-29-16-20/h5-10,15-17,19,24H,4,11-14,18,28H2,1-3H3,(H,31,35). The summed E-state index contributed by atoms with van der Waals surface area (Å²) in [5.41, 5.74) is 7.80. The Hall–Kier alpha value is -3.61. The highest BCUT2D eigenvalue weighted by molar-refractivity contribution is 7.91. The Morgan fingerprint density at radius 3 is 2.62 bits per heavy atom. The third kappa shape index (κ3) is 6.88. The topological polar surface area (TPSA) is 144 Å². The van der Waals surface area contributed by atoms with Gasteiger partial charge in [0.25, 0.3) is 5.16 Å². The van der Waals surface area contributed by atoms with Crippen LogP contribution in [-0.2, 0) is 21.2 Å². The minimum absolute atomic E-state index is 0.0192. The maximum atomic E-state index is 13.6.